The molecule has 0 aliphatic carbocycles. The molecule has 0 heterocycles. The maximum Gasteiger partial charge on any atom is 0.223 e. The number of halogens is 1. The maximum atomic E-state index is 13.1. The van der Waals surface area contributed by atoms with Gasteiger partial charge < -0.3 is 11.1 Å². The summed E-state index contributed by atoms with van der Waals surface area (Å²) < 4.78 is 13.1. The summed E-state index contributed by atoms with van der Waals surface area (Å²) in [7, 11) is 0. The van der Waals surface area contributed by atoms with E-state index in [1.165, 1.54) is 12.1 Å². The van der Waals surface area contributed by atoms with E-state index in [0.29, 0.717) is 6.54 Å². The average molecular weight is 252 g/mol. The highest BCUT2D eigenvalue weighted by Crippen LogP contribution is 2.15. The molecule has 1 aromatic carbocycles. The lowest BCUT2D eigenvalue weighted by Crippen LogP contribution is -2.31. The van der Waals surface area contributed by atoms with E-state index in [1.54, 1.807) is 12.1 Å². The second kappa shape index (κ2) is 7.11. The lowest BCUT2D eigenvalue weighted by molar-refractivity contribution is -0.125. The Morgan fingerprint density at radius 2 is 2.17 bits per heavy atom. The van der Waals surface area contributed by atoms with Crippen molar-refractivity contribution < 1.29 is 9.18 Å². The van der Waals surface area contributed by atoms with Gasteiger partial charge in [-0.05, 0) is 44.0 Å². The molecule has 2 atom stereocenters. The van der Waals surface area contributed by atoms with E-state index in [4.69, 9.17) is 5.73 Å². The summed E-state index contributed by atoms with van der Waals surface area (Å²) in [5, 5.41) is 2.89. The molecule has 0 aliphatic heterocycles. The Bertz CT molecular complexity index is 395. The summed E-state index contributed by atoms with van der Waals surface area (Å²) in [5.74, 6) is -0.366. The highest BCUT2D eigenvalue weighted by atomic mass is 19.1. The number of benzene rings is 1. The van der Waals surface area contributed by atoms with Gasteiger partial charge in [-0.1, -0.05) is 19.1 Å². The van der Waals surface area contributed by atoms with E-state index in [9.17, 15) is 9.18 Å². The van der Waals surface area contributed by atoms with Crippen LogP contribution < -0.4 is 11.1 Å². The van der Waals surface area contributed by atoms with Crippen LogP contribution in [-0.2, 0) is 4.79 Å². The van der Waals surface area contributed by atoms with Gasteiger partial charge in [0.1, 0.15) is 5.82 Å². The van der Waals surface area contributed by atoms with Crippen LogP contribution in [0.4, 0.5) is 4.39 Å². The number of nitrogens with one attached hydrogen (secondary N) is 1. The van der Waals surface area contributed by atoms with E-state index in [2.05, 4.69) is 5.32 Å². The van der Waals surface area contributed by atoms with Gasteiger partial charge in [0.2, 0.25) is 5.91 Å². The lowest BCUT2D eigenvalue weighted by atomic mass is 10.0. The van der Waals surface area contributed by atoms with Crippen LogP contribution in [0.25, 0.3) is 0 Å². The van der Waals surface area contributed by atoms with Crippen LogP contribution in [0.1, 0.15) is 38.3 Å². The second-order valence-corrected chi connectivity index (χ2v) is 4.62. The third-order valence-electron chi connectivity index (χ3n) is 3.00. The number of hydrogen-bond acceptors (Lipinski definition) is 2. The molecule has 0 radical (unpaired) electrons. The van der Waals surface area contributed by atoms with Crippen LogP contribution in [-0.4, -0.2) is 12.5 Å². The Morgan fingerprint density at radius 3 is 2.78 bits per heavy atom. The van der Waals surface area contributed by atoms with Crippen LogP contribution in [0.15, 0.2) is 24.3 Å². The second-order valence-electron chi connectivity index (χ2n) is 4.62. The van der Waals surface area contributed by atoms with Gasteiger partial charge in [0.25, 0.3) is 0 Å². The smallest absolute Gasteiger partial charge is 0.223 e. The summed E-state index contributed by atoms with van der Waals surface area (Å²) >= 11 is 0. The van der Waals surface area contributed by atoms with Crippen LogP contribution in [0.2, 0.25) is 0 Å². The minimum atomic E-state index is -0.287. The van der Waals surface area contributed by atoms with Crippen molar-refractivity contribution in [1.82, 2.24) is 5.32 Å². The third-order valence-corrected chi connectivity index (χ3v) is 3.00. The highest BCUT2D eigenvalue weighted by Gasteiger charge is 2.15. The molecule has 100 valence electrons. The van der Waals surface area contributed by atoms with Gasteiger partial charge in [-0.2, -0.15) is 0 Å². The summed E-state index contributed by atoms with van der Waals surface area (Å²) in [5.41, 5.74) is 6.19. The Labute approximate surface area is 108 Å². The van der Waals surface area contributed by atoms with Crippen LogP contribution in [0.3, 0.4) is 0 Å². The SMILES string of the molecule is CC(CCCN)C(=O)NC(C)c1cccc(F)c1. The molecule has 4 heteroatoms. The zero-order valence-electron chi connectivity index (χ0n) is 10.9. The number of hydrogen-bond donors (Lipinski definition) is 2. The van der Waals surface area contributed by atoms with E-state index in [1.807, 2.05) is 13.8 Å². The van der Waals surface area contributed by atoms with Crippen molar-refractivity contribution >= 4 is 5.91 Å². The molecule has 0 spiro atoms. The van der Waals surface area contributed by atoms with Crippen molar-refractivity contribution in [2.45, 2.75) is 32.7 Å². The Kier molecular flexibility index (Phi) is 5.78. The van der Waals surface area contributed by atoms with Crippen molar-refractivity contribution in [3.05, 3.63) is 35.6 Å². The molecule has 1 amide bonds. The predicted molar refractivity (Wildman–Crippen MR) is 70.4 cm³/mol. The van der Waals surface area contributed by atoms with Gasteiger partial charge in [-0.3, -0.25) is 4.79 Å². The molecular formula is C14H21FN2O. The largest absolute Gasteiger partial charge is 0.349 e. The van der Waals surface area contributed by atoms with Gasteiger partial charge in [0.05, 0.1) is 6.04 Å². The molecule has 2 unspecified atom stereocenters. The Hall–Kier alpha value is -1.42. The van der Waals surface area contributed by atoms with Crippen LogP contribution >= 0.6 is 0 Å². The fourth-order valence-electron chi connectivity index (χ4n) is 1.77. The number of rotatable bonds is 6. The number of nitrogens with two attached hydrogens (primary N) is 1. The van der Waals surface area contributed by atoms with Crippen molar-refractivity contribution in [1.29, 1.82) is 0 Å². The molecule has 0 aliphatic rings. The van der Waals surface area contributed by atoms with Crippen LogP contribution in [0, 0.1) is 11.7 Å². The minimum Gasteiger partial charge on any atom is -0.349 e. The van der Waals surface area contributed by atoms with Gasteiger partial charge >= 0.3 is 0 Å². The van der Waals surface area contributed by atoms with E-state index >= 15 is 0 Å². The summed E-state index contributed by atoms with van der Waals surface area (Å²) in [6, 6.07) is 6.09. The molecule has 0 saturated carbocycles. The predicted octanol–water partition coefficient (Wildman–Crippen LogP) is 2.38. The van der Waals surface area contributed by atoms with Crippen molar-refractivity contribution in [3.8, 4) is 0 Å². The lowest BCUT2D eigenvalue weighted by Gasteiger charge is -2.17. The van der Waals surface area contributed by atoms with Gasteiger partial charge in [-0.25, -0.2) is 4.39 Å². The topological polar surface area (TPSA) is 55.1 Å². The average Bonchev–Trinajstić information content (AvgIpc) is 2.35. The van der Waals surface area contributed by atoms with E-state index in [-0.39, 0.29) is 23.7 Å². The molecule has 3 nitrogen and oxygen atoms in total. The quantitative estimate of drug-likeness (QED) is 0.816. The van der Waals surface area contributed by atoms with Crippen molar-refractivity contribution in [2.24, 2.45) is 11.7 Å². The van der Waals surface area contributed by atoms with Crippen molar-refractivity contribution in [3.63, 3.8) is 0 Å². The van der Waals surface area contributed by atoms with Crippen molar-refractivity contribution in [2.75, 3.05) is 6.54 Å². The summed E-state index contributed by atoms with van der Waals surface area (Å²) in [6.07, 6.45) is 1.61. The zero-order chi connectivity index (χ0) is 13.5. The summed E-state index contributed by atoms with van der Waals surface area (Å²) in [6.45, 7) is 4.32. The van der Waals surface area contributed by atoms with E-state index < -0.39 is 0 Å². The number of carbonyl (C=O) groups is 1. The maximum absolute atomic E-state index is 13.1. The molecule has 1 aromatic rings. The Morgan fingerprint density at radius 1 is 1.44 bits per heavy atom. The monoisotopic (exact) mass is 252 g/mol. The first kappa shape index (κ1) is 14.6. The van der Waals surface area contributed by atoms with E-state index in [0.717, 1.165) is 18.4 Å². The number of amides is 1. The molecule has 0 fully saturated rings. The standard InChI is InChI=1S/C14H21FN2O/c1-10(5-4-8-16)14(18)17-11(2)12-6-3-7-13(15)9-12/h3,6-7,9-11H,4-5,8,16H2,1-2H3,(H,17,18). The first-order chi connectivity index (χ1) is 8.54. The molecular weight excluding hydrogens is 231 g/mol. The first-order valence-corrected chi connectivity index (χ1v) is 6.30. The fraction of sp³-hybridized carbons (Fsp3) is 0.500. The zero-order valence-corrected chi connectivity index (χ0v) is 10.9. The molecule has 18 heavy (non-hydrogen) atoms. The Balaban J connectivity index is 2.54. The third kappa shape index (κ3) is 4.45. The molecule has 1 rings (SSSR count). The van der Waals surface area contributed by atoms with Crippen LogP contribution in [0.5, 0.6) is 0 Å². The fourth-order valence-corrected chi connectivity index (χ4v) is 1.77. The molecule has 0 aromatic heterocycles. The molecule has 0 bridgehead atoms. The van der Waals surface area contributed by atoms with Gasteiger partial charge in [-0.15, -0.1) is 0 Å². The summed E-state index contributed by atoms with van der Waals surface area (Å²) in [4.78, 5) is 11.9. The first-order valence-electron chi connectivity index (χ1n) is 6.30. The van der Waals surface area contributed by atoms with Gasteiger partial charge in [0, 0.05) is 5.92 Å². The molecule has 0 saturated heterocycles. The normalized spacial score (nSPS) is 14.0. The molecule has 3 N–H and O–H groups in total. The minimum absolute atomic E-state index is 0.0137. The van der Waals surface area contributed by atoms with Gasteiger partial charge in [0.15, 0.2) is 0 Å². The highest BCUT2D eigenvalue weighted by molar-refractivity contribution is 5.78. The number of carbonyl (C=O) groups excluding carboxylic acids is 1.